The maximum atomic E-state index is 12.9. The topological polar surface area (TPSA) is 97.7 Å². The van der Waals surface area contributed by atoms with Crippen LogP contribution < -0.4 is 0 Å². The Balaban J connectivity index is 1.99. The van der Waals surface area contributed by atoms with Gasteiger partial charge in [-0.3, -0.25) is 14.4 Å². The molecule has 0 unspecified atom stereocenters. The van der Waals surface area contributed by atoms with Crippen LogP contribution in [0.4, 0.5) is 0 Å². The second-order valence-electron chi connectivity index (χ2n) is 5.83. The molecule has 2 aromatic rings. The van der Waals surface area contributed by atoms with Crippen LogP contribution in [-0.2, 0) is 14.3 Å². The van der Waals surface area contributed by atoms with Gasteiger partial charge in [0.25, 0.3) is 11.4 Å². The molecule has 0 atom stereocenters. The summed E-state index contributed by atoms with van der Waals surface area (Å²) in [4.78, 5) is 50.2. The number of benzene rings is 2. The van der Waals surface area contributed by atoms with E-state index >= 15 is 0 Å². The molecule has 0 bridgehead atoms. The van der Waals surface area contributed by atoms with Gasteiger partial charge in [0.05, 0.1) is 0 Å². The van der Waals surface area contributed by atoms with E-state index in [9.17, 15) is 24.3 Å². The number of halogens is 1. The van der Waals surface area contributed by atoms with Crippen molar-refractivity contribution in [1.29, 1.82) is 0 Å². The molecule has 128 valence electrons. The van der Waals surface area contributed by atoms with Gasteiger partial charge in [0.1, 0.15) is 11.3 Å². The normalized spacial score (nSPS) is 19.7. The number of hydrogen-bond donors (Lipinski definition) is 1. The predicted octanol–water partition coefficient (Wildman–Crippen LogP) is 2.66. The molecule has 1 aliphatic carbocycles. The third kappa shape index (κ3) is 1.97. The highest BCUT2D eigenvalue weighted by molar-refractivity contribution is 9.10. The molecule has 0 aromatic heterocycles. The Kier molecular flexibility index (Phi) is 3.45. The number of fused-ring (bicyclic) bond motifs is 1. The number of esters is 1. The molecule has 1 heterocycles. The number of aliphatic hydroxyl groups excluding tert-OH is 1. The van der Waals surface area contributed by atoms with E-state index < -0.39 is 40.3 Å². The Bertz CT molecular complexity index is 1010. The zero-order valence-electron chi connectivity index (χ0n) is 13.0. The Hall–Kier alpha value is -3.06. The van der Waals surface area contributed by atoms with Crippen molar-refractivity contribution in [1.82, 2.24) is 0 Å². The van der Waals surface area contributed by atoms with Gasteiger partial charge in [0.2, 0.25) is 11.6 Å². The van der Waals surface area contributed by atoms with E-state index in [-0.39, 0.29) is 16.7 Å². The molecule has 0 amide bonds. The Morgan fingerprint density at radius 1 is 0.885 bits per heavy atom. The van der Waals surface area contributed by atoms with Crippen molar-refractivity contribution >= 4 is 45.0 Å². The van der Waals surface area contributed by atoms with Gasteiger partial charge in [0.15, 0.2) is 0 Å². The lowest BCUT2D eigenvalue weighted by Gasteiger charge is -2.20. The maximum Gasteiger partial charge on any atom is 0.381 e. The Morgan fingerprint density at radius 3 is 1.96 bits per heavy atom. The highest BCUT2D eigenvalue weighted by atomic mass is 79.9. The van der Waals surface area contributed by atoms with Crippen LogP contribution in [0.3, 0.4) is 0 Å². The highest BCUT2D eigenvalue weighted by Gasteiger charge is 2.67. The molecule has 1 fully saturated rings. The maximum absolute atomic E-state index is 12.9. The van der Waals surface area contributed by atoms with Crippen LogP contribution in [-0.4, -0.2) is 34.0 Å². The SMILES string of the molecule is O=C1OC2(C(=O)c3ccccc3C2=O)/C(=C(\O)c2ccc(Br)cc2)C1=O. The van der Waals surface area contributed by atoms with Crippen molar-refractivity contribution in [3.63, 3.8) is 0 Å². The first kappa shape index (κ1) is 16.4. The van der Waals surface area contributed by atoms with Gasteiger partial charge in [0, 0.05) is 21.2 Å². The molecule has 1 N–H and O–H groups in total. The zero-order valence-corrected chi connectivity index (χ0v) is 14.6. The summed E-state index contributed by atoms with van der Waals surface area (Å²) >= 11 is 3.25. The number of carbonyl (C=O) groups excluding carboxylic acids is 4. The highest BCUT2D eigenvalue weighted by Crippen LogP contribution is 2.44. The average Bonchev–Trinajstić information content (AvgIpc) is 3.03. The molecule has 1 spiro atoms. The zero-order chi connectivity index (χ0) is 18.6. The van der Waals surface area contributed by atoms with Gasteiger partial charge in [-0.2, -0.15) is 0 Å². The molecule has 1 saturated heterocycles. The van der Waals surface area contributed by atoms with Crippen molar-refractivity contribution in [2.24, 2.45) is 0 Å². The minimum atomic E-state index is -2.46. The van der Waals surface area contributed by atoms with Crippen LogP contribution in [0.15, 0.2) is 58.6 Å². The first-order valence-electron chi connectivity index (χ1n) is 7.54. The number of ketones is 3. The summed E-state index contributed by atoms with van der Waals surface area (Å²) in [5.74, 6) is -4.87. The van der Waals surface area contributed by atoms with Gasteiger partial charge < -0.3 is 9.84 Å². The van der Waals surface area contributed by atoms with Crippen LogP contribution in [0.25, 0.3) is 5.76 Å². The Morgan fingerprint density at radius 2 is 1.42 bits per heavy atom. The lowest BCUT2D eigenvalue weighted by Crippen LogP contribution is -2.43. The number of carbonyl (C=O) groups is 4. The van der Waals surface area contributed by atoms with Crippen LogP contribution in [0.2, 0.25) is 0 Å². The third-order valence-electron chi connectivity index (χ3n) is 4.42. The van der Waals surface area contributed by atoms with Gasteiger partial charge >= 0.3 is 5.97 Å². The van der Waals surface area contributed by atoms with Crippen LogP contribution in [0, 0.1) is 0 Å². The van der Waals surface area contributed by atoms with Crippen LogP contribution >= 0.6 is 15.9 Å². The van der Waals surface area contributed by atoms with E-state index in [1.165, 1.54) is 24.3 Å². The minimum Gasteiger partial charge on any atom is -0.507 e. The molecular weight excluding hydrogens is 404 g/mol. The molecule has 6 nitrogen and oxygen atoms in total. The van der Waals surface area contributed by atoms with E-state index in [0.29, 0.717) is 0 Å². The summed E-state index contributed by atoms with van der Waals surface area (Å²) in [5, 5.41) is 10.6. The third-order valence-corrected chi connectivity index (χ3v) is 4.95. The van der Waals surface area contributed by atoms with E-state index in [4.69, 9.17) is 4.74 Å². The second kappa shape index (κ2) is 5.47. The number of rotatable bonds is 1. The molecule has 2 aromatic carbocycles. The van der Waals surface area contributed by atoms with E-state index in [0.717, 1.165) is 4.47 Å². The van der Waals surface area contributed by atoms with Crippen LogP contribution in [0.1, 0.15) is 26.3 Å². The summed E-state index contributed by atoms with van der Waals surface area (Å²) in [5.41, 5.74) is -2.85. The second-order valence-corrected chi connectivity index (χ2v) is 6.75. The minimum absolute atomic E-state index is 0.0427. The predicted molar refractivity (Wildman–Crippen MR) is 92.6 cm³/mol. The first-order valence-corrected chi connectivity index (χ1v) is 8.33. The van der Waals surface area contributed by atoms with Crippen molar-refractivity contribution in [3.8, 4) is 0 Å². The van der Waals surface area contributed by atoms with Crippen molar-refractivity contribution in [2.45, 2.75) is 5.60 Å². The van der Waals surface area contributed by atoms with Crippen molar-refractivity contribution in [3.05, 3.63) is 75.3 Å². The van der Waals surface area contributed by atoms with E-state index in [1.807, 2.05) is 0 Å². The van der Waals surface area contributed by atoms with Crippen LogP contribution in [0.5, 0.6) is 0 Å². The summed E-state index contributed by atoms with van der Waals surface area (Å²) < 4.78 is 5.71. The van der Waals surface area contributed by atoms with Gasteiger partial charge in [-0.05, 0) is 12.1 Å². The van der Waals surface area contributed by atoms with Crippen molar-refractivity contribution in [2.75, 3.05) is 0 Å². The molecule has 0 saturated carbocycles. The van der Waals surface area contributed by atoms with Crippen molar-refractivity contribution < 1.29 is 29.0 Å². The van der Waals surface area contributed by atoms with E-state index in [2.05, 4.69) is 15.9 Å². The largest absolute Gasteiger partial charge is 0.507 e. The molecular formula is C19H9BrO6. The van der Waals surface area contributed by atoms with E-state index in [1.54, 1.807) is 24.3 Å². The summed E-state index contributed by atoms with van der Waals surface area (Å²) in [6.07, 6.45) is 0. The molecule has 0 radical (unpaired) electrons. The lowest BCUT2D eigenvalue weighted by atomic mass is 9.85. The van der Waals surface area contributed by atoms with Gasteiger partial charge in [-0.15, -0.1) is 0 Å². The number of aliphatic hydroxyl groups is 1. The number of ether oxygens (including phenoxy) is 1. The average molecular weight is 413 g/mol. The molecule has 1 aliphatic heterocycles. The fourth-order valence-electron chi connectivity index (χ4n) is 3.21. The fourth-order valence-corrected chi connectivity index (χ4v) is 3.47. The smallest absolute Gasteiger partial charge is 0.381 e. The molecule has 2 aliphatic rings. The summed E-state index contributed by atoms with van der Waals surface area (Å²) in [6, 6.07) is 12.1. The number of hydrogen-bond acceptors (Lipinski definition) is 6. The van der Waals surface area contributed by atoms with Gasteiger partial charge in [-0.1, -0.05) is 52.3 Å². The standard InChI is InChI=1S/C19H9BrO6/c20-10-7-5-9(6-8-10)14(21)13-15(22)18(25)26-19(13)16(23)11-3-1-2-4-12(11)17(19)24/h1-8,21H/b14-13-. The quantitative estimate of drug-likeness (QED) is 0.254. The lowest BCUT2D eigenvalue weighted by molar-refractivity contribution is -0.149. The fraction of sp³-hybridized carbons (Fsp3) is 0.0526. The summed E-state index contributed by atoms with van der Waals surface area (Å²) in [7, 11) is 0. The molecule has 7 heteroatoms. The molecule has 4 rings (SSSR count). The molecule has 26 heavy (non-hydrogen) atoms. The first-order chi connectivity index (χ1) is 12.4. The Labute approximate surface area is 155 Å². The number of Topliss-reactive ketones (excluding diaryl/α,β-unsaturated/α-hetero) is 3. The van der Waals surface area contributed by atoms with Gasteiger partial charge in [-0.25, -0.2) is 4.79 Å². The summed E-state index contributed by atoms with van der Waals surface area (Å²) in [6.45, 7) is 0. The monoisotopic (exact) mass is 412 g/mol.